The summed E-state index contributed by atoms with van der Waals surface area (Å²) in [5, 5.41) is 10.1. The van der Waals surface area contributed by atoms with E-state index >= 15 is 0 Å². The molecule has 0 aliphatic heterocycles. The summed E-state index contributed by atoms with van der Waals surface area (Å²) in [6, 6.07) is 0. The quantitative estimate of drug-likeness (QED) is 0.638. The first kappa shape index (κ1) is 16.9. The van der Waals surface area contributed by atoms with Crippen LogP contribution in [0.5, 0.6) is 0 Å². The molecule has 0 fully saturated rings. The van der Waals surface area contributed by atoms with Crippen molar-refractivity contribution in [2.24, 2.45) is 0 Å². The molecule has 0 bridgehead atoms. The second-order valence-electron chi connectivity index (χ2n) is 5.10. The van der Waals surface area contributed by atoms with Crippen LogP contribution >= 0.6 is 0 Å². The van der Waals surface area contributed by atoms with Crippen LogP contribution in [0.3, 0.4) is 0 Å². The molecular weight excluding hydrogens is 212 g/mol. The monoisotopic (exact) mass is 244 g/mol. The van der Waals surface area contributed by atoms with Crippen molar-refractivity contribution in [3.8, 4) is 0 Å². The number of aliphatic hydroxyl groups is 1. The average Bonchev–Trinajstić information content (AvgIpc) is 2.33. The van der Waals surface area contributed by atoms with Crippen molar-refractivity contribution >= 4 is 0 Å². The summed E-state index contributed by atoms with van der Waals surface area (Å²) in [4.78, 5) is 4.80. The number of hydrogen-bond donors (Lipinski definition) is 1. The molecular formula is C14H32N2O. The fourth-order valence-corrected chi connectivity index (χ4v) is 2.00. The van der Waals surface area contributed by atoms with Crippen molar-refractivity contribution < 1.29 is 5.11 Å². The van der Waals surface area contributed by atoms with Crippen molar-refractivity contribution in [1.82, 2.24) is 9.80 Å². The molecule has 1 unspecified atom stereocenters. The topological polar surface area (TPSA) is 26.7 Å². The van der Waals surface area contributed by atoms with Gasteiger partial charge in [0.15, 0.2) is 0 Å². The molecule has 0 radical (unpaired) electrons. The number of hydrogen-bond acceptors (Lipinski definition) is 3. The minimum atomic E-state index is -0.536. The van der Waals surface area contributed by atoms with E-state index < -0.39 is 5.60 Å². The maximum Gasteiger partial charge on any atom is 0.0743 e. The summed E-state index contributed by atoms with van der Waals surface area (Å²) in [6.45, 7) is 16.9. The molecule has 1 N–H and O–H groups in total. The van der Waals surface area contributed by atoms with Gasteiger partial charge in [-0.1, -0.05) is 27.7 Å². The van der Waals surface area contributed by atoms with E-state index in [4.69, 9.17) is 0 Å². The highest BCUT2D eigenvalue weighted by Crippen LogP contribution is 2.11. The lowest BCUT2D eigenvalue weighted by Crippen LogP contribution is -2.41. The SMILES string of the molecule is CCN(CC)CCCN(CC)CC(C)(O)CC. The van der Waals surface area contributed by atoms with Gasteiger partial charge in [0.1, 0.15) is 0 Å². The van der Waals surface area contributed by atoms with Gasteiger partial charge in [0.25, 0.3) is 0 Å². The smallest absolute Gasteiger partial charge is 0.0743 e. The molecule has 0 rings (SSSR count). The third-order valence-electron chi connectivity index (χ3n) is 3.62. The zero-order valence-electron chi connectivity index (χ0n) is 12.5. The van der Waals surface area contributed by atoms with Crippen LogP contribution in [0.1, 0.15) is 47.5 Å². The van der Waals surface area contributed by atoms with Crippen LogP contribution in [0.15, 0.2) is 0 Å². The highest BCUT2D eigenvalue weighted by atomic mass is 16.3. The summed E-state index contributed by atoms with van der Waals surface area (Å²) < 4.78 is 0. The van der Waals surface area contributed by atoms with Gasteiger partial charge in [-0.05, 0) is 52.5 Å². The molecule has 0 aliphatic rings. The molecule has 0 amide bonds. The van der Waals surface area contributed by atoms with Gasteiger partial charge in [0.05, 0.1) is 5.60 Å². The van der Waals surface area contributed by atoms with Crippen molar-refractivity contribution in [2.45, 2.75) is 53.1 Å². The standard InChI is InChI=1S/C14H32N2O/c1-6-14(5,17)13-16(9-4)12-10-11-15(7-2)8-3/h17H,6-13H2,1-5H3. The zero-order chi connectivity index (χ0) is 13.3. The highest BCUT2D eigenvalue weighted by Gasteiger charge is 2.20. The van der Waals surface area contributed by atoms with Crippen LogP contribution in [0.4, 0.5) is 0 Å². The Bertz CT molecular complexity index is 179. The predicted octanol–water partition coefficient (Wildman–Crippen LogP) is 2.20. The summed E-state index contributed by atoms with van der Waals surface area (Å²) >= 11 is 0. The minimum absolute atomic E-state index is 0.536. The molecule has 1 atom stereocenters. The molecule has 0 saturated heterocycles. The molecule has 0 aromatic carbocycles. The second-order valence-corrected chi connectivity index (χ2v) is 5.10. The van der Waals surface area contributed by atoms with Crippen molar-refractivity contribution in [2.75, 3.05) is 39.3 Å². The Balaban J connectivity index is 3.90. The third kappa shape index (κ3) is 7.74. The zero-order valence-corrected chi connectivity index (χ0v) is 12.5. The normalized spacial score (nSPS) is 15.5. The van der Waals surface area contributed by atoms with Gasteiger partial charge in [-0.3, -0.25) is 0 Å². The van der Waals surface area contributed by atoms with Gasteiger partial charge in [-0.25, -0.2) is 0 Å². The molecule has 3 nitrogen and oxygen atoms in total. The number of likely N-dealkylation sites (N-methyl/N-ethyl adjacent to an activating group) is 1. The van der Waals surface area contributed by atoms with E-state index in [-0.39, 0.29) is 0 Å². The molecule has 17 heavy (non-hydrogen) atoms. The van der Waals surface area contributed by atoms with Gasteiger partial charge in [-0.2, -0.15) is 0 Å². The van der Waals surface area contributed by atoms with Gasteiger partial charge in [0, 0.05) is 6.54 Å². The minimum Gasteiger partial charge on any atom is -0.389 e. The summed E-state index contributed by atoms with van der Waals surface area (Å²) in [5.41, 5.74) is -0.536. The molecule has 0 aromatic rings. The summed E-state index contributed by atoms with van der Waals surface area (Å²) in [6.07, 6.45) is 2.01. The Kier molecular flexibility index (Phi) is 8.83. The van der Waals surface area contributed by atoms with Crippen LogP contribution in [-0.4, -0.2) is 59.8 Å². The third-order valence-corrected chi connectivity index (χ3v) is 3.62. The summed E-state index contributed by atoms with van der Waals surface area (Å²) in [5.74, 6) is 0. The highest BCUT2D eigenvalue weighted by molar-refractivity contribution is 4.75. The van der Waals surface area contributed by atoms with Crippen LogP contribution in [0, 0.1) is 0 Å². The maximum absolute atomic E-state index is 10.1. The lowest BCUT2D eigenvalue weighted by Gasteiger charge is -2.30. The van der Waals surface area contributed by atoms with E-state index in [9.17, 15) is 5.11 Å². The first-order chi connectivity index (χ1) is 7.99. The van der Waals surface area contributed by atoms with Crippen LogP contribution in [-0.2, 0) is 0 Å². The molecule has 104 valence electrons. The van der Waals surface area contributed by atoms with Gasteiger partial charge in [0.2, 0.25) is 0 Å². The van der Waals surface area contributed by atoms with Gasteiger partial charge in [-0.15, -0.1) is 0 Å². The lowest BCUT2D eigenvalue weighted by atomic mass is 10.0. The first-order valence-corrected chi connectivity index (χ1v) is 7.16. The Morgan fingerprint density at radius 3 is 1.76 bits per heavy atom. The largest absolute Gasteiger partial charge is 0.389 e. The Labute approximate surface area is 108 Å². The fourth-order valence-electron chi connectivity index (χ4n) is 2.00. The average molecular weight is 244 g/mol. The van der Waals surface area contributed by atoms with E-state index in [1.54, 1.807) is 0 Å². The van der Waals surface area contributed by atoms with Crippen LogP contribution < -0.4 is 0 Å². The second kappa shape index (κ2) is 8.90. The van der Waals surface area contributed by atoms with E-state index in [1.807, 2.05) is 13.8 Å². The number of nitrogens with zero attached hydrogens (tertiary/aromatic N) is 2. The van der Waals surface area contributed by atoms with Crippen molar-refractivity contribution in [1.29, 1.82) is 0 Å². The molecule has 0 spiro atoms. The van der Waals surface area contributed by atoms with Crippen LogP contribution in [0.2, 0.25) is 0 Å². The van der Waals surface area contributed by atoms with E-state index in [1.165, 1.54) is 6.42 Å². The van der Waals surface area contributed by atoms with E-state index in [2.05, 4.69) is 30.6 Å². The first-order valence-electron chi connectivity index (χ1n) is 7.16. The molecule has 0 heterocycles. The summed E-state index contributed by atoms with van der Waals surface area (Å²) in [7, 11) is 0. The molecule has 3 heteroatoms. The molecule has 0 aliphatic carbocycles. The van der Waals surface area contributed by atoms with E-state index in [0.717, 1.165) is 45.7 Å². The van der Waals surface area contributed by atoms with Crippen molar-refractivity contribution in [3.63, 3.8) is 0 Å². The van der Waals surface area contributed by atoms with Crippen molar-refractivity contribution in [3.05, 3.63) is 0 Å². The van der Waals surface area contributed by atoms with Crippen LogP contribution in [0.25, 0.3) is 0 Å². The molecule has 0 aromatic heterocycles. The van der Waals surface area contributed by atoms with Gasteiger partial charge < -0.3 is 14.9 Å². The van der Waals surface area contributed by atoms with Gasteiger partial charge >= 0.3 is 0 Å². The fraction of sp³-hybridized carbons (Fsp3) is 1.00. The Morgan fingerprint density at radius 1 is 0.882 bits per heavy atom. The molecule has 0 saturated carbocycles. The lowest BCUT2D eigenvalue weighted by molar-refractivity contribution is 0.0169. The maximum atomic E-state index is 10.1. The number of rotatable bonds is 10. The Morgan fingerprint density at radius 2 is 1.35 bits per heavy atom. The van der Waals surface area contributed by atoms with E-state index in [0.29, 0.717) is 0 Å². The Hall–Kier alpha value is -0.120. The predicted molar refractivity (Wildman–Crippen MR) is 75.4 cm³/mol.